The fourth-order valence-corrected chi connectivity index (χ4v) is 4.44. The van der Waals surface area contributed by atoms with Crippen LogP contribution in [0.5, 0.6) is 11.5 Å². The summed E-state index contributed by atoms with van der Waals surface area (Å²) in [5.74, 6) is -3.23. The van der Waals surface area contributed by atoms with Crippen LogP contribution in [0, 0.1) is 0 Å². The van der Waals surface area contributed by atoms with Crippen LogP contribution in [0.3, 0.4) is 0 Å². The molecule has 39 heavy (non-hydrogen) atoms. The van der Waals surface area contributed by atoms with Gasteiger partial charge < -0.3 is 31.3 Å². The Hall–Kier alpha value is -4.49. The van der Waals surface area contributed by atoms with Crippen molar-refractivity contribution in [1.29, 1.82) is 0 Å². The van der Waals surface area contributed by atoms with E-state index in [2.05, 4.69) is 16.0 Å². The van der Waals surface area contributed by atoms with Crippen molar-refractivity contribution in [3.8, 4) is 11.5 Å². The van der Waals surface area contributed by atoms with E-state index in [1.807, 2.05) is 0 Å². The molecule has 13 nitrogen and oxygen atoms in total. The highest BCUT2D eigenvalue weighted by atomic mass is 16.5. The molecule has 2 heterocycles. The van der Waals surface area contributed by atoms with Gasteiger partial charge in [0.25, 0.3) is 11.8 Å². The van der Waals surface area contributed by atoms with Crippen molar-refractivity contribution in [3.63, 3.8) is 0 Å². The van der Waals surface area contributed by atoms with E-state index in [9.17, 15) is 34.2 Å². The number of anilines is 1. The molecule has 5 amide bonds. The number of amides is 5. The van der Waals surface area contributed by atoms with Crippen LogP contribution in [0.15, 0.2) is 36.4 Å². The van der Waals surface area contributed by atoms with E-state index in [4.69, 9.17) is 10.5 Å². The summed E-state index contributed by atoms with van der Waals surface area (Å²) < 4.78 is 5.51. The fourth-order valence-electron chi connectivity index (χ4n) is 4.44. The van der Waals surface area contributed by atoms with Crippen molar-refractivity contribution in [3.05, 3.63) is 53.1 Å². The Morgan fingerprint density at radius 3 is 2.59 bits per heavy atom. The summed E-state index contributed by atoms with van der Waals surface area (Å²) in [6, 6.07) is 7.13. The average molecular weight is 540 g/mol. The molecular weight excluding hydrogens is 510 g/mol. The molecule has 1 saturated heterocycles. The highest BCUT2D eigenvalue weighted by molar-refractivity contribution is 6.25. The third-order valence-electron chi connectivity index (χ3n) is 6.41. The van der Waals surface area contributed by atoms with Gasteiger partial charge in [-0.3, -0.25) is 34.2 Å². The third-order valence-corrected chi connectivity index (χ3v) is 6.41. The molecule has 4 rings (SSSR count). The van der Waals surface area contributed by atoms with Crippen molar-refractivity contribution in [1.82, 2.24) is 15.5 Å². The number of ether oxygens (including phenoxy) is 1. The van der Waals surface area contributed by atoms with Crippen molar-refractivity contribution in [2.75, 3.05) is 31.6 Å². The number of phenolic OH excluding ortho intramolecular Hbond substituents is 2. The number of imide groups is 2. The SMILES string of the molecule is NC(Cc1ccc(O)c(O)c1)C(=O)NCCOCCNc1cccc2c1C(=O)N(C1CCC(=O)NC1=O)C2=O. The zero-order valence-corrected chi connectivity index (χ0v) is 20.9. The normalized spacial score (nSPS) is 17.6. The van der Waals surface area contributed by atoms with E-state index >= 15 is 0 Å². The number of carbonyl (C=O) groups is 5. The highest BCUT2D eigenvalue weighted by Gasteiger charge is 2.45. The maximum Gasteiger partial charge on any atom is 0.264 e. The molecule has 0 bridgehead atoms. The zero-order chi connectivity index (χ0) is 28.1. The lowest BCUT2D eigenvalue weighted by molar-refractivity contribution is -0.136. The van der Waals surface area contributed by atoms with Crippen LogP contribution in [-0.2, 0) is 25.5 Å². The molecule has 2 unspecified atom stereocenters. The first-order valence-electron chi connectivity index (χ1n) is 12.4. The molecule has 0 aliphatic carbocycles. The van der Waals surface area contributed by atoms with Crippen LogP contribution in [0.25, 0.3) is 0 Å². The number of nitrogens with two attached hydrogens (primary N) is 1. The Kier molecular flexibility index (Phi) is 8.42. The number of rotatable bonds is 11. The van der Waals surface area contributed by atoms with Gasteiger partial charge in [0, 0.05) is 25.2 Å². The van der Waals surface area contributed by atoms with Gasteiger partial charge in [-0.2, -0.15) is 0 Å². The first kappa shape index (κ1) is 27.5. The molecule has 0 spiro atoms. The van der Waals surface area contributed by atoms with E-state index in [0.717, 1.165) is 4.90 Å². The second kappa shape index (κ2) is 11.9. The zero-order valence-electron chi connectivity index (χ0n) is 20.9. The number of benzene rings is 2. The lowest BCUT2D eigenvalue weighted by Gasteiger charge is -2.27. The summed E-state index contributed by atoms with van der Waals surface area (Å²) in [5.41, 5.74) is 7.26. The average Bonchev–Trinajstić information content (AvgIpc) is 3.15. The monoisotopic (exact) mass is 539 g/mol. The number of nitrogens with one attached hydrogen (secondary N) is 3. The topological polar surface area (TPSA) is 200 Å². The Morgan fingerprint density at radius 1 is 1.08 bits per heavy atom. The molecule has 2 aromatic carbocycles. The Balaban J connectivity index is 1.20. The van der Waals surface area contributed by atoms with Crippen LogP contribution in [0.1, 0.15) is 39.1 Å². The minimum absolute atomic E-state index is 0.0433. The van der Waals surface area contributed by atoms with Gasteiger partial charge in [0.05, 0.1) is 30.4 Å². The largest absolute Gasteiger partial charge is 0.504 e. The summed E-state index contributed by atoms with van der Waals surface area (Å²) >= 11 is 0. The molecule has 0 saturated carbocycles. The number of nitrogens with zero attached hydrogens (tertiary/aromatic N) is 1. The van der Waals surface area contributed by atoms with Gasteiger partial charge in [-0.25, -0.2) is 0 Å². The molecule has 2 atom stereocenters. The van der Waals surface area contributed by atoms with Crippen LogP contribution in [-0.4, -0.2) is 83.0 Å². The molecule has 0 radical (unpaired) electrons. The van der Waals surface area contributed by atoms with Gasteiger partial charge in [0.15, 0.2) is 11.5 Å². The van der Waals surface area contributed by atoms with E-state index < -0.39 is 41.6 Å². The second-order valence-electron chi connectivity index (χ2n) is 9.14. The molecular formula is C26H29N5O8. The summed E-state index contributed by atoms with van der Waals surface area (Å²) in [6.45, 7) is 0.946. The Morgan fingerprint density at radius 2 is 1.85 bits per heavy atom. The van der Waals surface area contributed by atoms with Gasteiger partial charge in [0.2, 0.25) is 17.7 Å². The number of hydrogen-bond acceptors (Lipinski definition) is 10. The summed E-state index contributed by atoms with van der Waals surface area (Å²) in [5, 5.41) is 26.8. The van der Waals surface area contributed by atoms with E-state index in [0.29, 0.717) is 17.8 Å². The molecule has 2 aliphatic rings. The van der Waals surface area contributed by atoms with Crippen LogP contribution in [0.2, 0.25) is 0 Å². The Bertz CT molecular complexity index is 1310. The van der Waals surface area contributed by atoms with Crippen LogP contribution < -0.4 is 21.7 Å². The first-order valence-corrected chi connectivity index (χ1v) is 12.4. The maximum absolute atomic E-state index is 13.1. The highest BCUT2D eigenvalue weighted by Crippen LogP contribution is 2.32. The van der Waals surface area contributed by atoms with Crippen molar-refractivity contribution < 1.29 is 38.9 Å². The van der Waals surface area contributed by atoms with Gasteiger partial charge in [-0.1, -0.05) is 12.1 Å². The van der Waals surface area contributed by atoms with E-state index in [1.165, 1.54) is 18.2 Å². The lowest BCUT2D eigenvalue weighted by Crippen LogP contribution is -2.54. The predicted molar refractivity (Wildman–Crippen MR) is 137 cm³/mol. The molecule has 7 N–H and O–H groups in total. The molecule has 13 heteroatoms. The maximum atomic E-state index is 13.1. The van der Waals surface area contributed by atoms with Crippen LogP contribution in [0.4, 0.5) is 5.69 Å². The number of aromatic hydroxyl groups is 2. The minimum atomic E-state index is -1.04. The quantitative estimate of drug-likeness (QED) is 0.124. The summed E-state index contributed by atoms with van der Waals surface area (Å²) in [4.78, 5) is 62.8. The number of fused-ring (bicyclic) bond motifs is 1. The molecule has 2 aliphatic heterocycles. The van der Waals surface area contributed by atoms with Crippen LogP contribution >= 0.6 is 0 Å². The number of piperidine rings is 1. The van der Waals surface area contributed by atoms with Gasteiger partial charge >= 0.3 is 0 Å². The molecule has 206 valence electrons. The summed E-state index contributed by atoms with van der Waals surface area (Å²) in [6.07, 6.45) is 0.296. The lowest BCUT2D eigenvalue weighted by atomic mass is 10.0. The predicted octanol–water partition coefficient (Wildman–Crippen LogP) is -0.386. The number of phenols is 2. The number of hydrogen-bond donors (Lipinski definition) is 6. The van der Waals surface area contributed by atoms with Crippen molar-refractivity contribution in [2.24, 2.45) is 5.73 Å². The van der Waals surface area contributed by atoms with E-state index in [1.54, 1.807) is 18.2 Å². The second-order valence-corrected chi connectivity index (χ2v) is 9.14. The van der Waals surface area contributed by atoms with Crippen molar-refractivity contribution in [2.45, 2.75) is 31.3 Å². The molecule has 0 aromatic heterocycles. The Labute approximate surface area is 223 Å². The smallest absolute Gasteiger partial charge is 0.264 e. The number of carbonyl (C=O) groups excluding carboxylic acids is 5. The van der Waals surface area contributed by atoms with Gasteiger partial charge in [0.1, 0.15) is 6.04 Å². The van der Waals surface area contributed by atoms with Gasteiger partial charge in [-0.05, 0) is 42.7 Å². The standard InChI is InChI=1S/C26H29N5O8/c27-16(12-14-4-6-19(32)20(33)13-14)23(35)29-9-11-39-10-8-28-17-3-1-2-15-22(17)26(38)31(25(15)37)18-5-7-21(34)30-24(18)36/h1-4,6,13,16,18,28,32-33H,5,7-12,27H2,(H,29,35)(H,30,34,36). The fraction of sp³-hybridized carbons (Fsp3) is 0.346. The minimum Gasteiger partial charge on any atom is -0.504 e. The van der Waals surface area contributed by atoms with Crippen molar-refractivity contribution >= 4 is 35.2 Å². The third kappa shape index (κ3) is 6.16. The summed E-state index contributed by atoms with van der Waals surface area (Å²) in [7, 11) is 0. The van der Waals surface area contributed by atoms with E-state index in [-0.39, 0.29) is 61.6 Å². The molecule has 1 fully saturated rings. The molecule has 2 aromatic rings. The first-order chi connectivity index (χ1) is 18.7. The van der Waals surface area contributed by atoms with Gasteiger partial charge in [-0.15, -0.1) is 0 Å².